The van der Waals surface area contributed by atoms with E-state index in [9.17, 15) is 5.11 Å². The van der Waals surface area contributed by atoms with Crippen LogP contribution in [-0.4, -0.2) is 11.7 Å². The van der Waals surface area contributed by atoms with Gasteiger partial charge in [-0.3, -0.25) is 0 Å². The third-order valence-corrected chi connectivity index (χ3v) is 4.63. The van der Waals surface area contributed by atoms with Gasteiger partial charge in [-0.25, -0.2) is 0 Å². The number of para-hydroxylation sites is 1. The molecule has 3 rings (SSSR count). The van der Waals surface area contributed by atoms with E-state index in [1.54, 1.807) is 0 Å². The fourth-order valence-electron chi connectivity index (χ4n) is 2.81. The zero-order chi connectivity index (χ0) is 13.9. The molecule has 0 saturated carbocycles. The first-order valence-corrected chi connectivity index (χ1v) is 7.80. The second-order valence-corrected chi connectivity index (χ2v) is 6.08. The van der Waals surface area contributed by atoms with Crippen LogP contribution in [0, 0.1) is 0 Å². The minimum atomic E-state index is -0.338. The Morgan fingerprint density at radius 1 is 1.10 bits per heavy atom. The van der Waals surface area contributed by atoms with E-state index in [4.69, 9.17) is 0 Å². The van der Waals surface area contributed by atoms with Gasteiger partial charge in [-0.1, -0.05) is 52.3 Å². The maximum Gasteiger partial charge on any atom is 0.0810 e. The van der Waals surface area contributed by atoms with E-state index in [1.807, 2.05) is 24.3 Å². The average molecular weight is 332 g/mol. The zero-order valence-electron chi connectivity index (χ0n) is 11.3. The van der Waals surface area contributed by atoms with Crippen molar-refractivity contribution >= 4 is 21.6 Å². The third-order valence-electron chi connectivity index (χ3n) is 3.86. The van der Waals surface area contributed by atoms with Crippen LogP contribution in [0.5, 0.6) is 0 Å². The van der Waals surface area contributed by atoms with E-state index >= 15 is 0 Å². The quantitative estimate of drug-likeness (QED) is 0.887. The summed E-state index contributed by atoms with van der Waals surface area (Å²) in [6.45, 7) is 1.85. The van der Waals surface area contributed by atoms with E-state index < -0.39 is 0 Å². The smallest absolute Gasteiger partial charge is 0.0810 e. The van der Waals surface area contributed by atoms with Gasteiger partial charge in [-0.15, -0.1) is 0 Å². The van der Waals surface area contributed by atoms with Crippen LogP contribution in [-0.2, 0) is 6.54 Å². The summed E-state index contributed by atoms with van der Waals surface area (Å²) in [5, 5.41) is 10.2. The fraction of sp³-hybridized carbons (Fsp3) is 0.294. The van der Waals surface area contributed by atoms with Crippen molar-refractivity contribution in [1.29, 1.82) is 0 Å². The Morgan fingerprint density at radius 2 is 1.85 bits per heavy atom. The highest BCUT2D eigenvalue weighted by molar-refractivity contribution is 9.10. The van der Waals surface area contributed by atoms with E-state index in [0.717, 1.165) is 41.7 Å². The zero-order valence-corrected chi connectivity index (χ0v) is 12.9. The van der Waals surface area contributed by atoms with Gasteiger partial charge < -0.3 is 10.0 Å². The molecule has 2 nitrogen and oxygen atoms in total. The summed E-state index contributed by atoms with van der Waals surface area (Å²) < 4.78 is 1.14. The number of rotatable bonds is 2. The average Bonchev–Trinajstić information content (AvgIpc) is 2.62. The van der Waals surface area contributed by atoms with Crippen molar-refractivity contribution in [2.45, 2.75) is 25.5 Å². The van der Waals surface area contributed by atoms with Gasteiger partial charge >= 0.3 is 0 Å². The van der Waals surface area contributed by atoms with E-state index in [1.165, 1.54) is 5.56 Å². The Hall–Kier alpha value is -1.32. The SMILES string of the molecule is OC1CCCN(Cc2ccccc2Br)c2ccccc21. The molecule has 3 heteroatoms. The van der Waals surface area contributed by atoms with Crippen LogP contribution in [0.1, 0.15) is 30.1 Å². The number of hydrogen-bond donors (Lipinski definition) is 1. The van der Waals surface area contributed by atoms with E-state index in [-0.39, 0.29) is 6.10 Å². The molecule has 1 atom stereocenters. The Kier molecular flexibility index (Phi) is 4.08. The van der Waals surface area contributed by atoms with Crippen molar-refractivity contribution in [2.75, 3.05) is 11.4 Å². The molecular formula is C17H18BrNO. The molecule has 2 aromatic rings. The lowest BCUT2D eigenvalue weighted by Gasteiger charge is -2.25. The molecule has 0 spiro atoms. The maximum absolute atomic E-state index is 10.2. The third kappa shape index (κ3) is 2.74. The maximum atomic E-state index is 10.2. The molecule has 0 saturated heterocycles. The lowest BCUT2D eigenvalue weighted by molar-refractivity contribution is 0.168. The largest absolute Gasteiger partial charge is 0.388 e. The van der Waals surface area contributed by atoms with Gasteiger partial charge in [0.1, 0.15) is 0 Å². The van der Waals surface area contributed by atoms with E-state index in [0.29, 0.717) is 0 Å². The number of aliphatic hydroxyl groups excluding tert-OH is 1. The molecule has 0 bridgehead atoms. The van der Waals surface area contributed by atoms with Crippen LogP contribution in [0.2, 0.25) is 0 Å². The first-order valence-electron chi connectivity index (χ1n) is 7.01. The lowest BCUT2D eigenvalue weighted by Crippen LogP contribution is -2.23. The highest BCUT2D eigenvalue weighted by atomic mass is 79.9. The molecule has 1 aliphatic rings. The Morgan fingerprint density at radius 3 is 2.70 bits per heavy atom. The number of benzene rings is 2. The van der Waals surface area contributed by atoms with Gasteiger partial charge in [0.25, 0.3) is 0 Å². The van der Waals surface area contributed by atoms with Gasteiger partial charge in [-0.2, -0.15) is 0 Å². The number of nitrogens with zero attached hydrogens (tertiary/aromatic N) is 1. The van der Waals surface area contributed by atoms with E-state index in [2.05, 4.69) is 45.1 Å². The fourth-order valence-corrected chi connectivity index (χ4v) is 3.22. The summed E-state index contributed by atoms with van der Waals surface area (Å²) in [5.41, 5.74) is 3.49. The van der Waals surface area contributed by atoms with Gasteiger partial charge in [-0.05, 0) is 30.5 Å². The van der Waals surface area contributed by atoms with Crippen LogP contribution in [0.4, 0.5) is 5.69 Å². The molecule has 0 aromatic heterocycles. The normalized spacial score (nSPS) is 18.5. The highest BCUT2D eigenvalue weighted by Gasteiger charge is 2.21. The summed E-state index contributed by atoms with van der Waals surface area (Å²) in [6.07, 6.45) is 1.51. The predicted octanol–water partition coefficient (Wildman–Crippen LogP) is 4.28. The Labute approximate surface area is 128 Å². The molecule has 1 heterocycles. The van der Waals surface area contributed by atoms with Crippen LogP contribution in [0.15, 0.2) is 53.0 Å². The van der Waals surface area contributed by atoms with Crippen molar-refractivity contribution in [3.63, 3.8) is 0 Å². The van der Waals surface area contributed by atoms with Gasteiger partial charge in [0, 0.05) is 28.8 Å². The van der Waals surface area contributed by atoms with Crippen molar-refractivity contribution in [3.05, 3.63) is 64.1 Å². The van der Waals surface area contributed by atoms with Gasteiger partial charge in [0.15, 0.2) is 0 Å². The summed E-state index contributed by atoms with van der Waals surface area (Å²) in [5.74, 6) is 0. The van der Waals surface area contributed by atoms with Crippen LogP contribution in [0.3, 0.4) is 0 Å². The minimum absolute atomic E-state index is 0.338. The molecule has 104 valence electrons. The van der Waals surface area contributed by atoms with Crippen molar-refractivity contribution in [3.8, 4) is 0 Å². The number of aliphatic hydroxyl groups is 1. The second kappa shape index (κ2) is 5.98. The number of fused-ring (bicyclic) bond motifs is 1. The molecule has 0 fully saturated rings. The number of halogens is 1. The van der Waals surface area contributed by atoms with Crippen molar-refractivity contribution in [1.82, 2.24) is 0 Å². The molecule has 1 N–H and O–H groups in total. The first-order chi connectivity index (χ1) is 9.75. The second-order valence-electron chi connectivity index (χ2n) is 5.23. The topological polar surface area (TPSA) is 23.5 Å². The molecule has 0 aliphatic carbocycles. The summed E-state index contributed by atoms with van der Waals surface area (Å²) >= 11 is 3.62. The monoisotopic (exact) mass is 331 g/mol. The molecule has 0 radical (unpaired) electrons. The number of hydrogen-bond acceptors (Lipinski definition) is 2. The molecule has 1 aliphatic heterocycles. The van der Waals surface area contributed by atoms with Crippen LogP contribution >= 0.6 is 15.9 Å². The predicted molar refractivity (Wildman–Crippen MR) is 85.8 cm³/mol. The Balaban J connectivity index is 1.94. The summed E-state index contributed by atoms with van der Waals surface area (Å²) in [6, 6.07) is 16.5. The molecule has 2 aromatic carbocycles. The summed E-state index contributed by atoms with van der Waals surface area (Å²) in [4.78, 5) is 2.37. The molecule has 1 unspecified atom stereocenters. The number of anilines is 1. The van der Waals surface area contributed by atoms with Crippen LogP contribution in [0.25, 0.3) is 0 Å². The Bertz CT molecular complexity index is 599. The molecule has 0 amide bonds. The van der Waals surface area contributed by atoms with Crippen molar-refractivity contribution < 1.29 is 5.11 Å². The lowest BCUT2D eigenvalue weighted by atomic mass is 10.0. The van der Waals surface area contributed by atoms with Gasteiger partial charge in [0.2, 0.25) is 0 Å². The first kappa shape index (κ1) is 13.7. The summed E-state index contributed by atoms with van der Waals surface area (Å²) in [7, 11) is 0. The molecule has 20 heavy (non-hydrogen) atoms. The van der Waals surface area contributed by atoms with Crippen molar-refractivity contribution in [2.24, 2.45) is 0 Å². The highest BCUT2D eigenvalue weighted by Crippen LogP contribution is 2.34. The minimum Gasteiger partial charge on any atom is -0.388 e. The molecular weight excluding hydrogens is 314 g/mol. The van der Waals surface area contributed by atoms with Gasteiger partial charge in [0.05, 0.1) is 6.10 Å². The van der Waals surface area contributed by atoms with Crippen LogP contribution < -0.4 is 4.90 Å². The standard InChI is InChI=1S/C17H18BrNO/c18-15-8-3-1-6-13(15)12-19-11-5-10-17(20)14-7-2-4-9-16(14)19/h1-4,6-9,17,20H,5,10-12H2.